The van der Waals surface area contributed by atoms with Gasteiger partial charge in [0, 0.05) is 6.04 Å². The molecule has 3 aliphatic rings. The third kappa shape index (κ3) is 4.34. The summed E-state index contributed by atoms with van der Waals surface area (Å²) < 4.78 is 6.13. The molecule has 1 aliphatic carbocycles. The molecule has 2 heterocycles. The summed E-state index contributed by atoms with van der Waals surface area (Å²) in [6.45, 7) is 0.360. The molecule has 0 bridgehead atoms. The van der Waals surface area contributed by atoms with Crippen LogP contribution in [0.15, 0.2) is 89.9 Å². The maximum absolute atomic E-state index is 14.1. The van der Waals surface area contributed by atoms with Gasteiger partial charge in [0.1, 0.15) is 12.3 Å². The summed E-state index contributed by atoms with van der Waals surface area (Å²) in [5, 5.41) is 0. The van der Waals surface area contributed by atoms with E-state index in [1.54, 1.807) is 4.90 Å². The topological polar surface area (TPSA) is 74.5 Å². The van der Waals surface area contributed by atoms with Crippen LogP contribution in [0, 0.1) is 0 Å². The van der Waals surface area contributed by atoms with Crippen LogP contribution >= 0.6 is 0 Å². The first kappa shape index (κ1) is 23.9. The SMILES string of the molecule is CN(C1CCCCC1)C1OC1c1cccc(CN2C(=O)C(c3ccccc3)(c3ccccc3)N=C2N)c1. The van der Waals surface area contributed by atoms with Crippen LogP contribution in [0.2, 0.25) is 0 Å². The predicted molar refractivity (Wildman–Crippen MR) is 145 cm³/mol. The zero-order valence-electron chi connectivity index (χ0n) is 21.3. The number of amides is 1. The van der Waals surface area contributed by atoms with Gasteiger partial charge in [-0.05, 0) is 42.1 Å². The van der Waals surface area contributed by atoms with E-state index >= 15 is 0 Å². The van der Waals surface area contributed by atoms with Gasteiger partial charge in [-0.15, -0.1) is 0 Å². The molecular formula is C31H34N4O2. The quantitative estimate of drug-likeness (QED) is 0.472. The lowest BCUT2D eigenvalue weighted by Crippen LogP contribution is -2.43. The van der Waals surface area contributed by atoms with Crippen LogP contribution in [-0.4, -0.2) is 41.0 Å². The van der Waals surface area contributed by atoms with Crippen molar-refractivity contribution in [3.8, 4) is 0 Å². The van der Waals surface area contributed by atoms with Gasteiger partial charge >= 0.3 is 0 Å². The minimum atomic E-state index is -1.18. The van der Waals surface area contributed by atoms with Crippen molar-refractivity contribution in [2.75, 3.05) is 7.05 Å². The van der Waals surface area contributed by atoms with Crippen molar-refractivity contribution in [2.24, 2.45) is 10.7 Å². The van der Waals surface area contributed by atoms with Crippen molar-refractivity contribution in [1.29, 1.82) is 0 Å². The van der Waals surface area contributed by atoms with E-state index in [0.29, 0.717) is 12.6 Å². The highest BCUT2D eigenvalue weighted by Crippen LogP contribution is 2.43. The van der Waals surface area contributed by atoms with Crippen LogP contribution in [-0.2, 0) is 21.6 Å². The second-order valence-corrected chi connectivity index (χ2v) is 10.5. The van der Waals surface area contributed by atoms with E-state index in [0.717, 1.165) is 22.3 Å². The largest absolute Gasteiger partial charge is 0.369 e. The number of aliphatic imine (C=N–C) groups is 1. The number of hydrogen-bond donors (Lipinski definition) is 1. The first-order valence-corrected chi connectivity index (χ1v) is 13.3. The molecule has 3 aromatic carbocycles. The summed E-state index contributed by atoms with van der Waals surface area (Å²) >= 11 is 0. The molecule has 1 amide bonds. The Balaban J connectivity index is 1.23. The van der Waals surface area contributed by atoms with Gasteiger partial charge in [-0.3, -0.25) is 14.6 Å². The zero-order chi connectivity index (χ0) is 25.4. The number of ether oxygens (including phenoxy) is 1. The molecule has 6 heteroatoms. The molecule has 2 atom stereocenters. The third-order valence-electron chi connectivity index (χ3n) is 8.14. The Morgan fingerprint density at radius 2 is 1.59 bits per heavy atom. The van der Waals surface area contributed by atoms with Gasteiger partial charge in [0.15, 0.2) is 11.5 Å². The number of nitrogens with two attached hydrogens (primary N) is 1. The van der Waals surface area contributed by atoms with Crippen LogP contribution in [0.25, 0.3) is 0 Å². The van der Waals surface area contributed by atoms with Crippen molar-refractivity contribution >= 4 is 11.9 Å². The fourth-order valence-electron chi connectivity index (χ4n) is 6.04. The van der Waals surface area contributed by atoms with E-state index in [4.69, 9.17) is 15.5 Å². The Bertz CT molecular complexity index is 1250. The normalized spacial score (nSPS) is 23.4. The molecule has 190 valence electrons. The molecule has 2 aliphatic heterocycles. The molecule has 2 fully saturated rings. The van der Waals surface area contributed by atoms with E-state index in [2.05, 4.69) is 24.1 Å². The highest BCUT2D eigenvalue weighted by Gasteiger charge is 2.50. The van der Waals surface area contributed by atoms with Crippen molar-refractivity contribution in [2.45, 2.75) is 62.6 Å². The molecule has 2 N–H and O–H groups in total. The van der Waals surface area contributed by atoms with Crippen molar-refractivity contribution in [1.82, 2.24) is 9.80 Å². The molecule has 2 unspecified atom stereocenters. The number of carbonyl (C=O) groups is 1. The van der Waals surface area contributed by atoms with Crippen molar-refractivity contribution < 1.29 is 9.53 Å². The molecule has 1 saturated carbocycles. The number of nitrogens with zero attached hydrogens (tertiary/aromatic N) is 3. The second-order valence-electron chi connectivity index (χ2n) is 10.5. The third-order valence-corrected chi connectivity index (χ3v) is 8.14. The highest BCUT2D eigenvalue weighted by molar-refractivity contribution is 6.09. The van der Waals surface area contributed by atoms with E-state index in [9.17, 15) is 4.79 Å². The summed E-state index contributed by atoms with van der Waals surface area (Å²) in [5.74, 6) is 0.103. The van der Waals surface area contributed by atoms with Gasteiger partial charge in [0.25, 0.3) is 5.91 Å². The maximum Gasteiger partial charge on any atom is 0.266 e. The number of guanidine groups is 1. The first-order chi connectivity index (χ1) is 18.1. The standard InChI is InChI=1S/C31H34N4O2/c1-34(26-18-9-4-10-19-26)28-27(37-28)23-13-11-12-22(20-23)21-35-29(36)31(33-30(35)32,24-14-5-2-6-15-24)25-16-7-3-8-17-25/h2-3,5-8,11-17,20,26-28H,4,9-10,18-19,21H2,1H3,(H2,32,33). The first-order valence-electron chi connectivity index (χ1n) is 13.3. The fraction of sp³-hybridized carbons (Fsp3) is 0.355. The monoisotopic (exact) mass is 494 g/mol. The van der Waals surface area contributed by atoms with E-state index in [1.807, 2.05) is 72.8 Å². The Labute approximate surface area is 218 Å². The number of carbonyl (C=O) groups excluding carboxylic acids is 1. The number of likely N-dealkylation sites (N-methyl/N-ethyl adjacent to an activating group) is 1. The van der Waals surface area contributed by atoms with Gasteiger partial charge in [-0.2, -0.15) is 0 Å². The van der Waals surface area contributed by atoms with Gasteiger partial charge in [0.2, 0.25) is 0 Å². The Morgan fingerprint density at radius 3 is 2.24 bits per heavy atom. The van der Waals surface area contributed by atoms with Gasteiger partial charge in [-0.25, -0.2) is 4.99 Å². The number of rotatable bonds is 7. The molecule has 1 saturated heterocycles. The molecule has 0 aromatic heterocycles. The van der Waals surface area contributed by atoms with Crippen LogP contribution in [0.3, 0.4) is 0 Å². The molecule has 3 aromatic rings. The molecule has 0 spiro atoms. The molecule has 6 nitrogen and oxygen atoms in total. The molecule has 37 heavy (non-hydrogen) atoms. The van der Waals surface area contributed by atoms with Crippen LogP contribution in [0.4, 0.5) is 0 Å². The summed E-state index contributed by atoms with van der Waals surface area (Å²) in [6, 6.07) is 28.3. The lowest BCUT2D eigenvalue weighted by Gasteiger charge is -2.30. The number of hydrogen-bond acceptors (Lipinski definition) is 5. The fourth-order valence-corrected chi connectivity index (χ4v) is 6.04. The van der Waals surface area contributed by atoms with Crippen LogP contribution < -0.4 is 5.73 Å². The van der Waals surface area contributed by atoms with Crippen molar-refractivity contribution in [3.05, 3.63) is 107 Å². The van der Waals surface area contributed by atoms with E-state index < -0.39 is 5.54 Å². The lowest BCUT2D eigenvalue weighted by molar-refractivity contribution is -0.130. The molecular weight excluding hydrogens is 460 g/mol. The Morgan fingerprint density at radius 1 is 0.946 bits per heavy atom. The zero-order valence-corrected chi connectivity index (χ0v) is 21.3. The summed E-state index contributed by atoms with van der Waals surface area (Å²) in [6.07, 6.45) is 6.66. The minimum Gasteiger partial charge on any atom is -0.369 e. The molecule has 6 rings (SSSR count). The average molecular weight is 495 g/mol. The second kappa shape index (κ2) is 9.77. The Hall–Kier alpha value is -3.48. The number of benzene rings is 3. The van der Waals surface area contributed by atoms with Gasteiger partial charge < -0.3 is 10.5 Å². The summed E-state index contributed by atoms with van der Waals surface area (Å²) in [5.41, 5.74) is 9.04. The van der Waals surface area contributed by atoms with Gasteiger partial charge in [0.05, 0.1) is 6.54 Å². The van der Waals surface area contributed by atoms with Gasteiger partial charge in [-0.1, -0.05) is 104 Å². The van der Waals surface area contributed by atoms with Crippen LogP contribution in [0.1, 0.15) is 60.5 Å². The summed E-state index contributed by atoms with van der Waals surface area (Å²) in [7, 11) is 2.19. The smallest absolute Gasteiger partial charge is 0.266 e. The minimum absolute atomic E-state index is 0.0694. The predicted octanol–water partition coefficient (Wildman–Crippen LogP) is 4.95. The Kier molecular flexibility index (Phi) is 6.31. The summed E-state index contributed by atoms with van der Waals surface area (Å²) in [4.78, 5) is 22.9. The highest BCUT2D eigenvalue weighted by atomic mass is 16.6. The van der Waals surface area contributed by atoms with Crippen molar-refractivity contribution in [3.63, 3.8) is 0 Å². The average Bonchev–Trinajstić information content (AvgIpc) is 3.72. The van der Waals surface area contributed by atoms with E-state index in [1.165, 1.54) is 32.1 Å². The maximum atomic E-state index is 14.1. The number of epoxide rings is 1. The lowest BCUT2D eigenvalue weighted by atomic mass is 9.83. The van der Waals surface area contributed by atoms with E-state index in [-0.39, 0.29) is 24.2 Å². The molecule has 0 radical (unpaired) electrons. The van der Waals surface area contributed by atoms with Crippen LogP contribution in [0.5, 0.6) is 0 Å².